The van der Waals surface area contributed by atoms with Crippen molar-refractivity contribution in [1.82, 2.24) is 10.6 Å². The third kappa shape index (κ3) is 6.54. The number of methoxy groups -OCH3 is 1. The number of rotatable bonds is 7. The predicted molar refractivity (Wildman–Crippen MR) is 96.2 cm³/mol. The summed E-state index contributed by atoms with van der Waals surface area (Å²) in [6, 6.07) is 6.51. The third-order valence-corrected chi connectivity index (χ3v) is 3.59. The van der Waals surface area contributed by atoms with Crippen molar-refractivity contribution in [2.45, 2.75) is 40.3 Å². The Labute approximate surface area is 143 Å². The van der Waals surface area contributed by atoms with Gasteiger partial charge in [0.2, 0.25) is 0 Å². The molecule has 1 atom stereocenters. The van der Waals surface area contributed by atoms with Crippen LogP contribution in [-0.2, 0) is 11.3 Å². The van der Waals surface area contributed by atoms with Gasteiger partial charge >= 0.3 is 0 Å². The quantitative estimate of drug-likeness (QED) is 0.346. The number of nitro benzene ring substituents is 1. The summed E-state index contributed by atoms with van der Waals surface area (Å²) in [6.07, 6.45) is 0.0409. The summed E-state index contributed by atoms with van der Waals surface area (Å²) >= 11 is 0. The molecule has 0 aliphatic rings. The van der Waals surface area contributed by atoms with Crippen molar-refractivity contribution in [2.75, 3.05) is 20.2 Å². The van der Waals surface area contributed by atoms with Crippen LogP contribution in [0.15, 0.2) is 29.3 Å². The van der Waals surface area contributed by atoms with Gasteiger partial charge < -0.3 is 15.4 Å². The zero-order valence-corrected chi connectivity index (χ0v) is 15.1. The zero-order valence-electron chi connectivity index (χ0n) is 15.1. The molecule has 134 valence electrons. The number of nitrogens with zero attached hydrogens (tertiary/aromatic N) is 2. The summed E-state index contributed by atoms with van der Waals surface area (Å²) in [5, 5.41) is 17.3. The first kappa shape index (κ1) is 19.9. The first-order valence-electron chi connectivity index (χ1n) is 8.06. The molecule has 0 heterocycles. The number of nitrogens with one attached hydrogen (secondary N) is 2. The second kappa shape index (κ2) is 9.22. The van der Waals surface area contributed by atoms with Gasteiger partial charge in [0.15, 0.2) is 5.96 Å². The highest BCUT2D eigenvalue weighted by molar-refractivity contribution is 5.79. The number of hydrogen-bond acceptors (Lipinski definition) is 4. The summed E-state index contributed by atoms with van der Waals surface area (Å²) in [6.45, 7) is 10.1. The van der Waals surface area contributed by atoms with E-state index in [9.17, 15) is 10.1 Å². The fraction of sp³-hybridized carbons (Fsp3) is 0.588. The van der Waals surface area contributed by atoms with Crippen LogP contribution in [0.5, 0.6) is 0 Å². The molecule has 7 heteroatoms. The highest BCUT2D eigenvalue weighted by Crippen LogP contribution is 2.21. The molecular formula is C17H28N4O3. The maximum absolute atomic E-state index is 10.8. The molecule has 2 N–H and O–H groups in total. The lowest BCUT2D eigenvalue weighted by atomic mass is 9.89. The van der Waals surface area contributed by atoms with Gasteiger partial charge in [-0.15, -0.1) is 0 Å². The molecule has 24 heavy (non-hydrogen) atoms. The molecule has 7 nitrogen and oxygen atoms in total. The van der Waals surface area contributed by atoms with Gasteiger partial charge in [-0.05, 0) is 17.9 Å². The average molecular weight is 336 g/mol. The molecule has 0 aromatic heterocycles. The van der Waals surface area contributed by atoms with E-state index in [1.807, 2.05) is 13.0 Å². The van der Waals surface area contributed by atoms with Gasteiger partial charge in [0.25, 0.3) is 5.69 Å². The fourth-order valence-electron chi connectivity index (χ4n) is 2.21. The maximum atomic E-state index is 10.8. The van der Waals surface area contributed by atoms with Crippen LogP contribution in [0.3, 0.4) is 0 Å². The summed E-state index contributed by atoms with van der Waals surface area (Å²) in [7, 11) is 1.70. The van der Waals surface area contributed by atoms with Crippen LogP contribution in [0.4, 0.5) is 5.69 Å². The second-order valence-corrected chi connectivity index (χ2v) is 6.59. The summed E-state index contributed by atoms with van der Waals surface area (Å²) < 4.78 is 5.53. The van der Waals surface area contributed by atoms with Crippen molar-refractivity contribution in [1.29, 1.82) is 0 Å². The second-order valence-electron chi connectivity index (χ2n) is 6.59. The third-order valence-electron chi connectivity index (χ3n) is 3.59. The minimum atomic E-state index is -0.400. The van der Waals surface area contributed by atoms with E-state index in [1.165, 1.54) is 6.07 Å². The van der Waals surface area contributed by atoms with Crippen molar-refractivity contribution in [3.63, 3.8) is 0 Å². The lowest BCUT2D eigenvalue weighted by molar-refractivity contribution is -0.384. The molecule has 0 saturated heterocycles. The van der Waals surface area contributed by atoms with E-state index in [1.54, 1.807) is 19.2 Å². The lowest BCUT2D eigenvalue weighted by Crippen LogP contribution is -2.45. The Hall–Kier alpha value is -2.15. The monoisotopic (exact) mass is 336 g/mol. The molecule has 0 bridgehead atoms. The number of non-ortho nitro benzene ring substituents is 1. The molecule has 0 radical (unpaired) electrons. The largest absolute Gasteiger partial charge is 0.379 e. The standard InChI is InChI=1S/C17H28N4O3/c1-6-18-16(20-12-15(24-5)17(2,3)4)19-11-13-8-7-9-14(10-13)21(22)23/h7-10,15H,6,11-12H2,1-5H3,(H2,18,19,20). The number of hydrogen-bond donors (Lipinski definition) is 2. The Balaban J connectivity index is 2.75. The molecule has 1 unspecified atom stereocenters. The minimum Gasteiger partial charge on any atom is -0.379 e. The first-order chi connectivity index (χ1) is 11.3. The first-order valence-corrected chi connectivity index (χ1v) is 8.06. The van der Waals surface area contributed by atoms with Crippen molar-refractivity contribution >= 4 is 11.6 Å². The Morgan fingerprint density at radius 3 is 2.62 bits per heavy atom. The Kier molecular flexibility index (Phi) is 7.64. The normalized spacial score (nSPS) is 13.5. The van der Waals surface area contributed by atoms with E-state index in [-0.39, 0.29) is 17.2 Å². The van der Waals surface area contributed by atoms with Gasteiger partial charge in [0.05, 0.1) is 17.6 Å². The van der Waals surface area contributed by atoms with E-state index < -0.39 is 4.92 Å². The van der Waals surface area contributed by atoms with Crippen LogP contribution in [0.2, 0.25) is 0 Å². The Morgan fingerprint density at radius 1 is 1.38 bits per heavy atom. The smallest absolute Gasteiger partial charge is 0.269 e. The molecule has 0 aliphatic carbocycles. The summed E-state index contributed by atoms with van der Waals surface area (Å²) in [4.78, 5) is 14.9. The lowest BCUT2D eigenvalue weighted by Gasteiger charge is -2.30. The average Bonchev–Trinajstić information content (AvgIpc) is 2.52. The molecule has 0 spiro atoms. The van der Waals surface area contributed by atoms with E-state index in [2.05, 4.69) is 36.4 Å². The highest BCUT2D eigenvalue weighted by atomic mass is 16.6. The number of nitro groups is 1. The van der Waals surface area contributed by atoms with Crippen LogP contribution >= 0.6 is 0 Å². The van der Waals surface area contributed by atoms with Crippen molar-refractivity contribution in [2.24, 2.45) is 10.4 Å². The molecule has 0 amide bonds. The summed E-state index contributed by atoms with van der Waals surface area (Å²) in [5.74, 6) is 0.662. The molecule has 1 rings (SSSR count). The molecule has 0 saturated carbocycles. The summed E-state index contributed by atoms with van der Waals surface area (Å²) in [5.41, 5.74) is 0.882. The Morgan fingerprint density at radius 2 is 2.08 bits per heavy atom. The van der Waals surface area contributed by atoms with Gasteiger partial charge in [-0.3, -0.25) is 10.1 Å². The number of aliphatic imine (C=N–C) groups is 1. The fourth-order valence-corrected chi connectivity index (χ4v) is 2.21. The molecule has 1 aromatic rings. The molecule has 0 aliphatic heterocycles. The van der Waals surface area contributed by atoms with Crippen LogP contribution in [0.25, 0.3) is 0 Å². The minimum absolute atomic E-state index is 0.0130. The number of ether oxygens (including phenoxy) is 1. The van der Waals surface area contributed by atoms with Crippen LogP contribution in [-0.4, -0.2) is 37.2 Å². The van der Waals surface area contributed by atoms with Crippen molar-refractivity contribution < 1.29 is 9.66 Å². The molecular weight excluding hydrogens is 308 g/mol. The van der Waals surface area contributed by atoms with E-state index in [0.717, 1.165) is 12.1 Å². The number of guanidine groups is 1. The predicted octanol–water partition coefficient (Wildman–Crippen LogP) is 2.71. The highest BCUT2D eigenvalue weighted by Gasteiger charge is 2.24. The van der Waals surface area contributed by atoms with E-state index in [0.29, 0.717) is 19.0 Å². The zero-order chi connectivity index (χ0) is 18.2. The number of benzene rings is 1. The Bertz CT molecular complexity index is 567. The topological polar surface area (TPSA) is 88.8 Å². The van der Waals surface area contributed by atoms with E-state index >= 15 is 0 Å². The molecule has 0 fully saturated rings. The van der Waals surface area contributed by atoms with Crippen molar-refractivity contribution in [3.05, 3.63) is 39.9 Å². The van der Waals surface area contributed by atoms with Crippen molar-refractivity contribution in [3.8, 4) is 0 Å². The SMILES string of the molecule is CCNC(=NCc1cccc([N+](=O)[O-])c1)NCC(OC)C(C)(C)C. The van der Waals surface area contributed by atoms with Crippen LogP contribution in [0.1, 0.15) is 33.3 Å². The van der Waals surface area contributed by atoms with Gasteiger partial charge in [-0.25, -0.2) is 4.99 Å². The van der Waals surface area contributed by atoms with Crippen LogP contribution in [0, 0.1) is 15.5 Å². The van der Waals surface area contributed by atoms with Gasteiger partial charge in [0, 0.05) is 32.3 Å². The van der Waals surface area contributed by atoms with Gasteiger partial charge in [-0.2, -0.15) is 0 Å². The maximum Gasteiger partial charge on any atom is 0.269 e. The molecule has 1 aromatic carbocycles. The van der Waals surface area contributed by atoms with E-state index in [4.69, 9.17) is 4.74 Å². The van der Waals surface area contributed by atoms with Gasteiger partial charge in [0.1, 0.15) is 0 Å². The van der Waals surface area contributed by atoms with Gasteiger partial charge in [-0.1, -0.05) is 32.9 Å². The van der Waals surface area contributed by atoms with Crippen LogP contribution < -0.4 is 10.6 Å².